The Morgan fingerprint density at radius 2 is 2.19 bits per heavy atom. The second-order valence-electron chi connectivity index (χ2n) is 7.40. The molecule has 140 valence electrons. The molecule has 1 amide bonds. The second kappa shape index (κ2) is 6.83. The van der Waals surface area contributed by atoms with E-state index in [2.05, 4.69) is 5.32 Å². The van der Waals surface area contributed by atoms with Crippen molar-refractivity contribution in [1.82, 2.24) is 10.2 Å². The summed E-state index contributed by atoms with van der Waals surface area (Å²) in [5.74, 6) is 2.36. The van der Waals surface area contributed by atoms with Gasteiger partial charge in [-0.3, -0.25) is 4.90 Å². The monoisotopic (exact) mass is 363 g/mol. The van der Waals surface area contributed by atoms with Crippen molar-refractivity contribution in [2.24, 2.45) is 11.7 Å². The van der Waals surface area contributed by atoms with Crippen LogP contribution in [0.2, 0.25) is 0 Å². The van der Waals surface area contributed by atoms with E-state index in [0.717, 1.165) is 4.90 Å². The number of hydrogen-bond acceptors (Lipinski definition) is 5. The number of carboxylic acid groups (broad SMARTS) is 1. The number of amides is 1. The molecule has 0 aromatic carbocycles. The van der Waals surface area contributed by atoms with Crippen molar-refractivity contribution in [3.8, 4) is 0 Å². The van der Waals surface area contributed by atoms with Gasteiger partial charge in [-0.05, 0) is 33.3 Å². The van der Waals surface area contributed by atoms with Crippen LogP contribution in [0.1, 0.15) is 33.6 Å². The Morgan fingerprint density at radius 3 is 2.69 bits per heavy atom. The minimum Gasteiger partial charge on any atom is -0.465 e. The number of carbonyl (C=O) groups excluding carboxylic acids is 2. The molecule has 7 nitrogen and oxygen atoms in total. The molecular formula is C18H22FN3O4. The molecule has 0 bridgehead atoms. The van der Waals surface area contributed by atoms with Crippen LogP contribution in [0.4, 0.5) is 9.18 Å². The van der Waals surface area contributed by atoms with Crippen molar-refractivity contribution >= 4 is 18.0 Å². The molecule has 1 fully saturated rings. The Labute approximate surface area is 150 Å². The Balaban J connectivity index is 2.52. The van der Waals surface area contributed by atoms with Crippen molar-refractivity contribution in [1.29, 1.82) is 0 Å². The lowest BCUT2D eigenvalue weighted by Crippen LogP contribution is -2.55. The number of nitrogens with two attached hydrogens (primary N) is 1. The van der Waals surface area contributed by atoms with Crippen LogP contribution in [0.25, 0.3) is 0 Å². The fraction of sp³-hybridized carbons (Fsp3) is 0.500. The van der Waals surface area contributed by atoms with Gasteiger partial charge in [0.25, 0.3) is 0 Å². The Morgan fingerprint density at radius 1 is 1.54 bits per heavy atom. The van der Waals surface area contributed by atoms with Crippen LogP contribution >= 0.6 is 0 Å². The zero-order valence-corrected chi connectivity index (χ0v) is 14.9. The summed E-state index contributed by atoms with van der Waals surface area (Å²) in [6.45, 7) is 4.82. The van der Waals surface area contributed by atoms with E-state index in [9.17, 15) is 19.5 Å². The normalized spacial score (nSPS) is 25.3. The molecule has 1 saturated heterocycles. The lowest BCUT2D eigenvalue weighted by Gasteiger charge is -2.41. The molecule has 1 aliphatic carbocycles. The minimum absolute atomic E-state index is 0.319. The highest BCUT2D eigenvalue weighted by Gasteiger charge is 2.54. The maximum absolute atomic E-state index is 16.0. The first-order valence-electron chi connectivity index (χ1n) is 8.17. The fourth-order valence-electron chi connectivity index (χ4n) is 3.55. The van der Waals surface area contributed by atoms with Gasteiger partial charge in [-0.15, -0.1) is 0 Å². The summed E-state index contributed by atoms with van der Waals surface area (Å²) < 4.78 is 16.0. The van der Waals surface area contributed by atoms with E-state index in [1.807, 2.05) is 0 Å². The van der Waals surface area contributed by atoms with Gasteiger partial charge in [-0.25, -0.2) is 18.8 Å². The first-order chi connectivity index (χ1) is 12.1. The number of nitrogens with one attached hydrogen (secondary N) is 1. The van der Waals surface area contributed by atoms with Gasteiger partial charge >= 0.3 is 6.09 Å². The van der Waals surface area contributed by atoms with Gasteiger partial charge in [0.15, 0.2) is 5.67 Å². The predicted octanol–water partition coefficient (Wildman–Crippen LogP) is 1.68. The van der Waals surface area contributed by atoms with Crippen LogP contribution < -0.4 is 11.1 Å². The number of nitrogens with zero attached hydrogens (tertiary/aromatic N) is 1. The van der Waals surface area contributed by atoms with E-state index in [1.165, 1.54) is 5.94 Å². The summed E-state index contributed by atoms with van der Waals surface area (Å²) in [4.78, 5) is 35.2. The van der Waals surface area contributed by atoms with E-state index < -0.39 is 41.4 Å². The molecular weight excluding hydrogens is 341 g/mol. The quantitative estimate of drug-likeness (QED) is 0.655. The Kier molecular flexibility index (Phi) is 5.12. The Hall–Kier alpha value is -2.82. The first-order valence-corrected chi connectivity index (χ1v) is 8.17. The summed E-state index contributed by atoms with van der Waals surface area (Å²) in [5.41, 5.74) is 2.27. The molecule has 0 saturated carbocycles. The van der Waals surface area contributed by atoms with Crippen molar-refractivity contribution in [3.63, 3.8) is 0 Å². The zero-order valence-electron chi connectivity index (χ0n) is 14.9. The molecule has 4 N–H and O–H groups in total. The average molecular weight is 363 g/mol. The highest BCUT2D eigenvalue weighted by molar-refractivity contribution is 5.69. The number of alkyl halides is 1. The van der Waals surface area contributed by atoms with E-state index in [4.69, 9.17) is 5.73 Å². The molecule has 26 heavy (non-hydrogen) atoms. The SMILES string of the molecule is CC(C)(C)N(C(=O)O)[C@@H](CC1(F)C(=C=O)NC2=CC=CCC21)C(N)=C=O. The third-order valence-electron chi connectivity index (χ3n) is 4.71. The number of halogens is 1. The summed E-state index contributed by atoms with van der Waals surface area (Å²) in [5, 5.41) is 12.3. The lowest BCUT2D eigenvalue weighted by atomic mass is 9.79. The summed E-state index contributed by atoms with van der Waals surface area (Å²) >= 11 is 0. The van der Waals surface area contributed by atoms with E-state index in [1.54, 1.807) is 44.9 Å². The van der Waals surface area contributed by atoms with Crippen molar-refractivity contribution in [3.05, 3.63) is 35.3 Å². The zero-order chi connectivity index (χ0) is 19.7. The smallest absolute Gasteiger partial charge is 0.408 e. The number of hydrogen-bond donors (Lipinski definition) is 3. The number of carbonyl (C=O) groups is 1. The third kappa shape index (κ3) is 3.29. The van der Waals surface area contributed by atoms with Gasteiger partial charge in [0.1, 0.15) is 23.3 Å². The van der Waals surface area contributed by atoms with Crippen LogP contribution in [0.5, 0.6) is 0 Å². The van der Waals surface area contributed by atoms with Gasteiger partial charge in [0, 0.05) is 23.6 Å². The molecule has 0 aromatic rings. The summed E-state index contributed by atoms with van der Waals surface area (Å²) in [7, 11) is 0. The molecule has 1 heterocycles. The molecule has 8 heteroatoms. The fourth-order valence-corrected chi connectivity index (χ4v) is 3.55. The molecule has 2 unspecified atom stereocenters. The molecule has 0 radical (unpaired) electrons. The Bertz CT molecular complexity index is 770. The summed E-state index contributed by atoms with van der Waals surface area (Å²) in [6, 6.07) is -1.29. The average Bonchev–Trinajstić information content (AvgIpc) is 2.84. The predicted molar refractivity (Wildman–Crippen MR) is 92.9 cm³/mol. The highest BCUT2D eigenvalue weighted by atomic mass is 19.1. The van der Waals surface area contributed by atoms with Crippen LogP contribution in [0.3, 0.4) is 0 Å². The molecule has 0 aromatic heterocycles. The third-order valence-corrected chi connectivity index (χ3v) is 4.71. The van der Waals surface area contributed by atoms with Crippen LogP contribution in [-0.2, 0) is 9.59 Å². The maximum Gasteiger partial charge on any atom is 0.408 e. The largest absolute Gasteiger partial charge is 0.465 e. The van der Waals surface area contributed by atoms with Crippen molar-refractivity contribution in [2.75, 3.05) is 0 Å². The van der Waals surface area contributed by atoms with Crippen molar-refractivity contribution in [2.45, 2.75) is 50.9 Å². The topological polar surface area (TPSA) is 113 Å². The van der Waals surface area contributed by atoms with Crippen LogP contribution in [0, 0.1) is 5.92 Å². The van der Waals surface area contributed by atoms with Gasteiger partial charge in [0.05, 0.1) is 6.04 Å². The molecule has 2 rings (SSSR count). The van der Waals surface area contributed by atoms with Crippen LogP contribution in [0.15, 0.2) is 35.3 Å². The molecule has 1 aliphatic heterocycles. The minimum atomic E-state index is -2.23. The first kappa shape index (κ1) is 19.5. The summed E-state index contributed by atoms with van der Waals surface area (Å²) in [6.07, 6.45) is 3.62. The number of allylic oxidation sites excluding steroid dienone is 5. The second-order valence-corrected chi connectivity index (χ2v) is 7.40. The van der Waals surface area contributed by atoms with E-state index in [-0.39, 0.29) is 5.70 Å². The molecule has 2 aliphatic rings. The van der Waals surface area contributed by atoms with Crippen LogP contribution in [-0.4, -0.2) is 45.2 Å². The van der Waals surface area contributed by atoms with Gasteiger partial charge in [-0.2, -0.15) is 0 Å². The molecule has 0 spiro atoms. The lowest BCUT2D eigenvalue weighted by molar-refractivity contribution is 0.0493. The van der Waals surface area contributed by atoms with Gasteiger partial charge in [0.2, 0.25) is 0 Å². The van der Waals surface area contributed by atoms with Gasteiger partial charge < -0.3 is 16.2 Å². The van der Waals surface area contributed by atoms with Gasteiger partial charge in [-0.1, -0.05) is 12.2 Å². The maximum atomic E-state index is 16.0. The standard InChI is InChI=1S/C18H22FN3O4/c1-17(2,3)22(16(25)26)14(12(20)9-23)8-18(19)11-6-4-5-7-13(11)21-15(18)10-24/h4-5,7,11,14,21H,6,8,20H2,1-3H3,(H,25,26)/t11?,14-,18?/m0/s1. The van der Waals surface area contributed by atoms with E-state index >= 15 is 4.39 Å². The van der Waals surface area contributed by atoms with E-state index in [0.29, 0.717) is 12.1 Å². The van der Waals surface area contributed by atoms with Crippen molar-refractivity contribution < 1.29 is 23.9 Å². The molecule has 3 atom stereocenters. The highest BCUT2D eigenvalue weighted by Crippen LogP contribution is 2.47. The number of fused-ring (bicyclic) bond motifs is 1. The number of rotatable bonds is 4.